The molecule has 4 rings (SSSR count). The number of benzene rings is 2. The van der Waals surface area contributed by atoms with E-state index in [1.165, 1.54) is 0 Å². The van der Waals surface area contributed by atoms with Crippen LogP contribution in [0.3, 0.4) is 0 Å². The number of morpholine rings is 1. The van der Waals surface area contributed by atoms with Crippen molar-refractivity contribution in [1.29, 1.82) is 5.41 Å². The maximum absolute atomic E-state index is 13.3. The average molecular weight is 569 g/mol. The van der Waals surface area contributed by atoms with Crippen molar-refractivity contribution in [2.24, 2.45) is 16.1 Å². The Balaban J connectivity index is 1.66. The largest absolute Gasteiger partial charge is 0.378 e. The molecular weight excluding hydrogens is 540 g/mol. The van der Waals surface area contributed by atoms with Crippen LogP contribution in [0.4, 0.5) is 0 Å². The van der Waals surface area contributed by atoms with Gasteiger partial charge in [0.1, 0.15) is 0 Å². The number of hydrogen-bond acceptors (Lipinski definition) is 6. The maximum atomic E-state index is 13.3. The molecular formula is C28H29ClN4O3S2. The van der Waals surface area contributed by atoms with Crippen LogP contribution in [-0.2, 0) is 9.53 Å². The number of thiophene rings is 1. The second kappa shape index (κ2) is 12.3. The Labute approximate surface area is 235 Å². The SMILES string of the molecule is CC(C)(C(=O)N=C(N)SC=N)C(c1ccccc1)c1ccc(-c2ccc(C(=O)N3CCOCC3)c(Cl)c2)s1. The predicted molar refractivity (Wildman–Crippen MR) is 157 cm³/mol. The number of nitrogens with two attached hydrogens (primary N) is 1. The molecule has 2 heterocycles. The van der Waals surface area contributed by atoms with Gasteiger partial charge in [-0.3, -0.25) is 9.59 Å². The van der Waals surface area contributed by atoms with Crippen LogP contribution < -0.4 is 5.73 Å². The van der Waals surface area contributed by atoms with Gasteiger partial charge in [-0.1, -0.05) is 48.0 Å². The topological polar surface area (TPSA) is 109 Å². The van der Waals surface area contributed by atoms with Crippen molar-refractivity contribution in [3.05, 3.63) is 81.7 Å². The van der Waals surface area contributed by atoms with Gasteiger partial charge in [0.05, 0.1) is 34.8 Å². The van der Waals surface area contributed by atoms with E-state index in [4.69, 9.17) is 27.5 Å². The molecule has 0 spiro atoms. The number of rotatable bonds is 7. The van der Waals surface area contributed by atoms with Crippen LogP contribution in [0.2, 0.25) is 5.02 Å². The Kier molecular flexibility index (Phi) is 9.04. The van der Waals surface area contributed by atoms with E-state index < -0.39 is 5.41 Å². The van der Waals surface area contributed by atoms with Gasteiger partial charge < -0.3 is 20.8 Å². The molecule has 1 saturated heterocycles. The van der Waals surface area contributed by atoms with Crippen LogP contribution in [0.15, 0.2) is 65.7 Å². The van der Waals surface area contributed by atoms with Crippen molar-refractivity contribution in [2.75, 3.05) is 26.3 Å². The number of hydrogen-bond donors (Lipinski definition) is 2. The Morgan fingerprint density at radius 3 is 2.53 bits per heavy atom. The van der Waals surface area contributed by atoms with E-state index >= 15 is 0 Å². The smallest absolute Gasteiger partial charge is 0.255 e. The van der Waals surface area contributed by atoms with E-state index in [-0.39, 0.29) is 22.9 Å². The molecule has 1 aromatic heterocycles. The molecule has 1 aliphatic rings. The van der Waals surface area contributed by atoms with E-state index in [0.29, 0.717) is 36.9 Å². The number of amidine groups is 1. The highest BCUT2D eigenvalue weighted by atomic mass is 35.5. The van der Waals surface area contributed by atoms with E-state index in [2.05, 4.69) is 4.99 Å². The summed E-state index contributed by atoms with van der Waals surface area (Å²) in [6.07, 6.45) is 0. The fourth-order valence-electron chi connectivity index (χ4n) is 4.48. The lowest BCUT2D eigenvalue weighted by Gasteiger charge is -2.31. The number of nitrogens with one attached hydrogen (secondary N) is 1. The molecule has 0 aliphatic carbocycles. The van der Waals surface area contributed by atoms with Crippen LogP contribution in [0, 0.1) is 10.8 Å². The van der Waals surface area contributed by atoms with Crippen LogP contribution >= 0.6 is 34.7 Å². The van der Waals surface area contributed by atoms with Gasteiger partial charge in [-0.25, -0.2) is 0 Å². The minimum atomic E-state index is -0.914. The molecule has 2 amide bonds. The summed E-state index contributed by atoms with van der Waals surface area (Å²) in [5.41, 5.74) is 8.32. The fourth-order valence-corrected chi connectivity index (χ4v) is 6.32. The van der Waals surface area contributed by atoms with Crippen LogP contribution in [0.25, 0.3) is 10.4 Å². The molecule has 10 heteroatoms. The summed E-state index contributed by atoms with van der Waals surface area (Å²) in [6, 6.07) is 19.4. The van der Waals surface area contributed by atoms with Gasteiger partial charge in [-0.15, -0.1) is 11.3 Å². The number of halogens is 1. The lowest BCUT2D eigenvalue weighted by molar-refractivity contribution is -0.126. The molecule has 0 saturated carbocycles. The summed E-state index contributed by atoms with van der Waals surface area (Å²) in [7, 11) is 0. The number of thioether (sulfide) groups is 1. The zero-order valence-corrected chi connectivity index (χ0v) is 23.5. The molecule has 1 aliphatic heterocycles. The minimum absolute atomic E-state index is 0.0399. The zero-order chi connectivity index (χ0) is 27.3. The Morgan fingerprint density at radius 1 is 1.16 bits per heavy atom. The van der Waals surface area contributed by atoms with E-state index in [1.807, 2.05) is 68.4 Å². The Hall–Kier alpha value is -2.98. The quantitative estimate of drug-likeness (QED) is 0.273. The highest BCUT2D eigenvalue weighted by Gasteiger charge is 2.40. The molecule has 3 aromatic rings. The van der Waals surface area contributed by atoms with Gasteiger partial charge in [0.25, 0.3) is 11.8 Å². The van der Waals surface area contributed by atoms with Crippen LogP contribution in [0.1, 0.15) is 40.6 Å². The van der Waals surface area contributed by atoms with Crippen molar-refractivity contribution >= 4 is 57.2 Å². The van der Waals surface area contributed by atoms with Crippen molar-refractivity contribution < 1.29 is 14.3 Å². The highest BCUT2D eigenvalue weighted by molar-refractivity contribution is 8.24. The second-order valence-electron chi connectivity index (χ2n) is 9.36. The first-order valence-corrected chi connectivity index (χ1v) is 14.2. The van der Waals surface area contributed by atoms with E-state index in [0.717, 1.165) is 38.2 Å². The van der Waals surface area contributed by atoms with Gasteiger partial charge >= 0.3 is 0 Å². The van der Waals surface area contributed by atoms with Gasteiger partial charge in [0, 0.05) is 28.8 Å². The summed E-state index contributed by atoms with van der Waals surface area (Å²) in [4.78, 5) is 34.0. The second-order valence-corrected chi connectivity index (χ2v) is 11.8. The molecule has 3 N–H and O–H groups in total. The first-order valence-electron chi connectivity index (χ1n) is 12.1. The third-order valence-electron chi connectivity index (χ3n) is 6.49. The Morgan fingerprint density at radius 2 is 1.87 bits per heavy atom. The minimum Gasteiger partial charge on any atom is -0.378 e. The molecule has 1 fully saturated rings. The van der Waals surface area contributed by atoms with Gasteiger partial charge in [-0.2, -0.15) is 4.99 Å². The normalized spacial score (nSPS) is 15.2. The van der Waals surface area contributed by atoms with Crippen molar-refractivity contribution in [2.45, 2.75) is 19.8 Å². The van der Waals surface area contributed by atoms with Crippen molar-refractivity contribution in [3.8, 4) is 10.4 Å². The van der Waals surface area contributed by atoms with E-state index in [1.54, 1.807) is 22.3 Å². The molecule has 7 nitrogen and oxygen atoms in total. The summed E-state index contributed by atoms with van der Waals surface area (Å²) < 4.78 is 5.34. The first kappa shape index (κ1) is 28.0. The monoisotopic (exact) mass is 568 g/mol. The third-order valence-corrected chi connectivity index (χ3v) is 8.45. The Bertz CT molecular complexity index is 1350. The van der Waals surface area contributed by atoms with Crippen molar-refractivity contribution in [3.63, 3.8) is 0 Å². The van der Waals surface area contributed by atoms with Crippen LogP contribution in [0.5, 0.6) is 0 Å². The fraction of sp³-hybridized carbons (Fsp3) is 0.286. The first-order chi connectivity index (χ1) is 18.2. The average Bonchev–Trinajstić information content (AvgIpc) is 3.39. The zero-order valence-electron chi connectivity index (χ0n) is 21.1. The summed E-state index contributed by atoms with van der Waals surface area (Å²) in [6.45, 7) is 5.88. The van der Waals surface area contributed by atoms with Gasteiger partial charge in [0.2, 0.25) is 0 Å². The molecule has 1 unspecified atom stereocenters. The van der Waals surface area contributed by atoms with E-state index in [9.17, 15) is 9.59 Å². The number of nitrogens with zero attached hydrogens (tertiary/aromatic N) is 2. The lowest BCUT2D eigenvalue weighted by atomic mass is 9.73. The lowest BCUT2D eigenvalue weighted by Crippen LogP contribution is -2.40. The maximum Gasteiger partial charge on any atom is 0.255 e. The molecule has 38 heavy (non-hydrogen) atoms. The number of amides is 2. The molecule has 2 aromatic carbocycles. The number of carbonyl (C=O) groups is 2. The molecule has 0 radical (unpaired) electrons. The summed E-state index contributed by atoms with van der Waals surface area (Å²) >= 11 is 9.05. The molecule has 0 bridgehead atoms. The summed E-state index contributed by atoms with van der Waals surface area (Å²) in [5, 5.41) is 7.65. The molecule has 198 valence electrons. The number of ether oxygens (including phenoxy) is 1. The molecule has 1 atom stereocenters. The van der Waals surface area contributed by atoms with Crippen molar-refractivity contribution in [1.82, 2.24) is 4.90 Å². The van der Waals surface area contributed by atoms with Gasteiger partial charge in [0.15, 0.2) is 5.17 Å². The summed E-state index contributed by atoms with van der Waals surface area (Å²) in [5.74, 6) is -0.738. The standard InChI is InChI=1S/C28H29ClN4O3S2/c1-28(2,26(35)32-27(31)37-17-30)24(18-6-4-3-5-7-18)23-11-10-22(38-23)19-8-9-20(21(29)16-19)25(34)33-12-14-36-15-13-33/h3-11,16-17,24,30H,12-15H2,1-2H3,(H2,31,32,35). The van der Waals surface area contributed by atoms with Gasteiger partial charge in [-0.05, 0) is 61.0 Å². The third kappa shape index (κ3) is 6.18. The highest BCUT2D eigenvalue weighted by Crippen LogP contribution is 2.46. The number of aliphatic imine (C=N–C) groups is 1. The van der Waals surface area contributed by atoms with Crippen LogP contribution in [-0.4, -0.2) is 53.7 Å². The predicted octanol–water partition coefficient (Wildman–Crippen LogP) is 5.88. The number of carbonyl (C=O) groups excluding carboxylic acids is 2.